The molecule has 1 amide bonds. The number of benzene rings is 1. The van der Waals surface area contributed by atoms with Crippen LogP contribution < -0.4 is 11.1 Å². The highest BCUT2D eigenvalue weighted by Gasteiger charge is 2.31. The average Bonchev–Trinajstić information content (AvgIpc) is 3.23. The van der Waals surface area contributed by atoms with Crippen molar-refractivity contribution >= 4 is 17.4 Å². The number of hydrogen-bond acceptors (Lipinski definition) is 7. The fraction of sp³-hybridized carbons (Fsp3) is 0.593. The monoisotopic (exact) mass is 485 g/mol. The van der Waals surface area contributed by atoms with Crippen LogP contribution in [0, 0.1) is 11.8 Å². The third kappa shape index (κ3) is 6.42. The van der Waals surface area contributed by atoms with Crippen molar-refractivity contribution in [2.24, 2.45) is 17.6 Å². The molecular weight excluding hydrogens is 446 g/mol. The molecule has 5 N–H and O–H groups in total. The quantitative estimate of drug-likeness (QED) is 0.235. The Kier molecular flexibility index (Phi) is 9.32. The van der Waals surface area contributed by atoms with Gasteiger partial charge < -0.3 is 25.8 Å². The van der Waals surface area contributed by atoms with Crippen LogP contribution in [0.15, 0.2) is 16.7 Å². The van der Waals surface area contributed by atoms with Gasteiger partial charge >= 0.3 is 0 Å². The van der Waals surface area contributed by atoms with Crippen LogP contribution in [-0.2, 0) is 4.79 Å². The van der Waals surface area contributed by atoms with Crippen LogP contribution in [0.25, 0.3) is 11.3 Å². The number of unbranched alkanes of at least 4 members (excludes halogenated alkanes) is 2. The molecule has 1 saturated carbocycles. The molecule has 8 nitrogen and oxygen atoms in total. The van der Waals surface area contributed by atoms with E-state index in [1.807, 2.05) is 13.8 Å². The smallest absolute Gasteiger partial charge is 0.227 e. The Morgan fingerprint density at radius 2 is 1.86 bits per heavy atom. The summed E-state index contributed by atoms with van der Waals surface area (Å²) >= 11 is 0. The van der Waals surface area contributed by atoms with E-state index < -0.39 is 0 Å². The summed E-state index contributed by atoms with van der Waals surface area (Å²) in [5, 5.41) is 27.6. The van der Waals surface area contributed by atoms with Crippen molar-refractivity contribution in [2.75, 3.05) is 11.9 Å². The Morgan fingerprint density at radius 1 is 1.14 bits per heavy atom. The molecule has 0 radical (unpaired) electrons. The molecule has 1 aliphatic carbocycles. The molecule has 0 spiro atoms. The van der Waals surface area contributed by atoms with Crippen LogP contribution in [0.2, 0.25) is 0 Å². The second-order valence-electron chi connectivity index (χ2n) is 9.98. The standard InChI is InChI=1S/C27H39N3O5/c1-4-5-6-7-17-8-10-18(11-9-17)27(34)29-25-24(21(31)12-13-28)30-35-26(25)20-14-19(16(2)3)22(32)15-23(20)33/h14-18,32-33H,4-13,28H2,1-3H3,(H,29,34). The summed E-state index contributed by atoms with van der Waals surface area (Å²) in [5.41, 5.74) is 6.56. The number of nitrogens with zero attached hydrogens (tertiary/aromatic N) is 1. The summed E-state index contributed by atoms with van der Waals surface area (Å²) in [6.45, 7) is 6.16. The molecule has 0 aliphatic heterocycles. The highest BCUT2D eigenvalue weighted by molar-refractivity contribution is 6.07. The maximum Gasteiger partial charge on any atom is 0.227 e. The zero-order chi connectivity index (χ0) is 25.5. The third-order valence-electron chi connectivity index (χ3n) is 7.02. The Bertz CT molecular complexity index is 1020. The number of aromatic hydroxyl groups is 2. The van der Waals surface area contributed by atoms with Gasteiger partial charge in [0.2, 0.25) is 5.91 Å². The molecule has 1 heterocycles. The number of carbonyl (C=O) groups excluding carboxylic acids is 2. The Hall–Kier alpha value is -2.87. The number of phenols is 2. The van der Waals surface area contributed by atoms with Crippen molar-refractivity contribution in [2.45, 2.75) is 84.5 Å². The maximum absolute atomic E-state index is 13.2. The Balaban J connectivity index is 1.86. The highest BCUT2D eigenvalue weighted by Crippen LogP contribution is 2.42. The minimum atomic E-state index is -0.347. The van der Waals surface area contributed by atoms with Crippen molar-refractivity contribution < 1.29 is 24.3 Å². The van der Waals surface area contributed by atoms with Gasteiger partial charge in [0, 0.05) is 18.4 Å². The number of carbonyl (C=O) groups is 2. The van der Waals surface area contributed by atoms with Crippen LogP contribution in [0.3, 0.4) is 0 Å². The van der Waals surface area contributed by atoms with E-state index in [2.05, 4.69) is 17.4 Å². The first-order chi connectivity index (χ1) is 16.8. The SMILES string of the molecule is CCCCCC1CCC(C(=O)Nc2c(C(=O)CCN)noc2-c2cc(C(C)C)c(O)cc2O)CC1. The van der Waals surface area contributed by atoms with Crippen LogP contribution in [0.1, 0.15) is 101 Å². The van der Waals surface area contributed by atoms with E-state index in [9.17, 15) is 19.8 Å². The van der Waals surface area contributed by atoms with Crippen molar-refractivity contribution in [3.05, 3.63) is 23.4 Å². The first-order valence-electron chi connectivity index (χ1n) is 12.9. The maximum atomic E-state index is 13.2. The van der Waals surface area contributed by atoms with Crippen molar-refractivity contribution in [3.63, 3.8) is 0 Å². The number of aromatic nitrogens is 1. The molecule has 0 saturated heterocycles. The van der Waals surface area contributed by atoms with E-state index in [0.717, 1.165) is 25.7 Å². The lowest BCUT2D eigenvalue weighted by Crippen LogP contribution is -2.28. The number of nitrogens with two attached hydrogens (primary N) is 1. The first kappa shape index (κ1) is 26.7. The predicted octanol–water partition coefficient (Wildman–Crippen LogP) is 5.73. The largest absolute Gasteiger partial charge is 0.508 e. The molecule has 1 aromatic heterocycles. The van der Waals surface area contributed by atoms with Crippen LogP contribution >= 0.6 is 0 Å². The molecule has 2 aromatic rings. The molecule has 1 aromatic carbocycles. The number of phenolic OH excluding ortho intramolecular Hbond substituents is 2. The zero-order valence-corrected chi connectivity index (χ0v) is 21.1. The van der Waals surface area contributed by atoms with Gasteiger partial charge in [-0.2, -0.15) is 0 Å². The normalized spacial score (nSPS) is 18.1. The Labute approximate surface area is 207 Å². The molecule has 0 unspecified atom stereocenters. The number of anilines is 1. The lowest BCUT2D eigenvalue weighted by Gasteiger charge is -2.27. The van der Waals surface area contributed by atoms with Gasteiger partial charge in [0.25, 0.3) is 0 Å². The molecule has 35 heavy (non-hydrogen) atoms. The molecule has 8 heteroatoms. The number of nitrogens with one attached hydrogen (secondary N) is 1. The summed E-state index contributed by atoms with van der Waals surface area (Å²) in [6, 6.07) is 2.84. The zero-order valence-electron chi connectivity index (χ0n) is 21.1. The van der Waals surface area contributed by atoms with Gasteiger partial charge in [-0.15, -0.1) is 0 Å². The molecule has 1 aliphatic rings. The molecule has 1 fully saturated rings. The second kappa shape index (κ2) is 12.2. The summed E-state index contributed by atoms with van der Waals surface area (Å²) in [5.74, 6) is -0.220. The number of amides is 1. The summed E-state index contributed by atoms with van der Waals surface area (Å²) < 4.78 is 5.50. The lowest BCUT2D eigenvalue weighted by atomic mass is 9.79. The first-order valence-corrected chi connectivity index (χ1v) is 12.9. The van der Waals surface area contributed by atoms with Crippen LogP contribution in [0.5, 0.6) is 11.5 Å². The van der Waals surface area contributed by atoms with Crippen molar-refractivity contribution in [1.29, 1.82) is 0 Å². The Morgan fingerprint density at radius 3 is 2.49 bits per heavy atom. The van der Waals surface area contributed by atoms with E-state index in [-0.39, 0.29) is 70.7 Å². The molecular formula is C27H39N3O5. The fourth-order valence-electron chi connectivity index (χ4n) is 4.89. The van der Waals surface area contributed by atoms with E-state index in [0.29, 0.717) is 11.5 Å². The van der Waals surface area contributed by atoms with Crippen molar-refractivity contribution in [1.82, 2.24) is 5.16 Å². The predicted molar refractivity (Wildman–Crippen MR) is 136 cm³/mol. The van der Waals surface area contributed by atoms with Gasteiger partial charge in [0.1, 0.15) is 17.2 Å². The van der Waals surface area contributed by atoms with Crippen molar-refractivity contribution in [3.8, 4) is 22.8 Å². The molecule has 0 atom stereocenters. The molecule has 3 rings (SSSR count). The van der Waals surface area contributed by atoms with Crippen LogP contribution in [-0.4, -0.2) is 33.6 Å². The summed E-state index contributed by atoms with van der Waals surface area (Å²) in [7, 11) is 0. The number of rotatable bonds is 11. The fourth-order valence-corrected chi connectivity index (χ4v) is 4.89. The van der Waals surface area contributed by atoms with Gasteiger partial charge in [0.05, 0.1) is 5.56 Å². The van der Waals surface area contributed by atoms with E-state index in [1.54, 1.807) is 6.07 Å². The van der Waals surface area contributed by atoms with Gasteiger partial charge in [-0.25, -0.2) is 0 Å². The van der Waals surface area contributed by atoms with E-state index in [4.69, 9.17) is 10.3 Å². The van der Waals surface area contributed by atoms with Crippen LogP contribution in [0.4, 0.5) is 5.69 Å². The number of hydrogen-bond donors (Lipinski definition) is 4. The highest BCUT2D eigenvalue weighted by atomic mass is 16.5. The van der Waals surface area contributed by atoms with Gasteiger partial charge in [-0.05, 0) is 55.7 Å². The minimum Gasteiger partial charge on any atom is -0.508 e. The number of ketones is 1. The minimum absolute atomic E-state index is 0.00868. The lowest BCUT2D eigenvalue weighted by molar-refractivity contribution is -0.121. The van der Waals surface area contributed by atoms with E-state index in [1.165, 1.54) is 31.7 Å². The average molecular weight is 486 g/mol. The van der Waals surface area contributed by atoms with Gasteiger partial charge in [0.15, 0.2) is 17.2 Å². The third-order valence-corrected chi connectivity index (χ3v) is 7.02. The van der Waals surface area contributed by atoms with Gasteiger partial charge in [-0.1, -0.05) is 51.6 Å². The van der Waals surface area contributed by atoms with Gasteiger partial charge in [-0.3, -0.25) is 9.59 Å². The summed E-state index contributed by atoms with van der Waals surface area (Å²) in [6.07, 6.45) is 8.61. The molecule has 0 bridgehead atoms. The second-order valence-corrected chi connectivity index (χ2v) is 9.98. The number of Topliss-reactive ketones (excluding diaryl/α,β-unsaturated/α-hetero) is 1. The van der Waals surface area contributed by atoms with E-state index >= 15 is 0 Å². The topological polar surface area (TPSA) is 139 Å². The molecule has 192 valence electrons. The summed E-state index contributed by atoms with van der Waals surface area (Å²) in [4.78, 5) is 25.9.